The van der Waals surface area contributed by atoms with Crippen LogP contribution in [0.1, 0.15) is 19.2 Å². The van der Waals surface area contributed by atoms with Crippen LogP contribution in [0.25, 0.3) is 11.0 Å². The number of hydrogen-bond acceptors (Lipinski definition) is 3. The zero-order valence-electron chi connectivity index (χ0n) is 9.60. The summed E-state index contributed by atoms with van der Waals surface area (Å²) in [6.07, 6.45) is 0.607. The van der Waals surface area contributed by atoms with Gasteiger partial charge in [-0.3, -0.25) is 0 Å². The van der Waals surface area contributed by atoms with Gasteiger partial charge in [-0.15, -0.1) is 0 Å². The van der Waals surface area contributed by atoms with E-state index in [2.05, 4.69) is 14.7 Å². The lowest BCUT2D eigenvalue weighted by atomic mass is 10.3. The van der Waals surface area contributed by atoms with E-state index < -0.39 is 10.0 Å². The number of para-hydroxylation sites is 2. The van der Waals surface area contributed by atoms with Crippen LogP contribution in [-0.2, 0) is 16.6 Å². The number of rotatable bonds is 5. The lowest BCUT2D eigenvalue weighted by Gasteiger charge is -2.02. The summed E-state index contributed by atoms with van der Waals surface area (Å²) in [5.74, 6) is 0.777. The zero-order chi connectivity index (χ0) is 12.3. The molecule has 0 radical (unpaired) electrons. The third-order valence-electron chi connectivity index (χ3n) is 2.37. The number of fused-ring (bicyclic) bond motifs is 1. The highest BCUT2D eigenvalue weighted by atomic mass is 32.2. The molecule has 0 aliphatic carbocycles. The molecule has 2 rings (SSSR count). The van der Waals surface area contributed by atoms with Crippen molar-refractivity contribution < 1.29 is 8.42 Å². The second-order valence-electron chi connectivity index (χ2n) is 3.84. The predicted octanol–water partition coefficient (Wildman–Crippen LogP) is 1.39. The molecule has 0 aliphatic heterocycles. The van der Waals surface area contributed by atoms with Crippen molar-refractivity contribution in [1.82, 2.24) is 14.7 Å². The fourth-order valence-electron chi connectivity index (χ4n) is 1.61. The molecule has 0 fully saturated rings. The van der Waals surface area contributed by atoms with Crippen LogP contribution in [0, 0.1) is 0 Å². The van der Waals surface area contributed by atoms with Crippen molar-refractivity contribution >= 4 is 21.1 Å². The first-order valence-corrected chi connectivity index (χ1v) is 7.17. The summed E-state index contributed by atoms with van der Waals surface area (Å²) in [5.41, 5.74) is 1.76. The second-order valence-corrected chi connectivity index (χ2v) is 5.77. The summed E-state index contributed by atoms with van der Waals surface area (Å²) in [4.78, 5) is 7.37. The summed E-state index contributed by atoms with van der Waals surface area (Å²) in [7, 11) is -3.18. The molecule has 0 atom stereocenters. The normalized spacial score (nSPS) is 12.1. The van der Waals surface area contributed by atoms with E-state index in [1.165, 1.54) is 0 Å². The molecular weight excluding hydrogens is 238 g/mol. The molecule has 1 heterocycles. The van der Waals surface area contributed by atoms with Crippen LogP contribution in [-0.4, -0.2) is 24.1 Å². The Kier molecular flexibility index (Phi) is 3.44. The maximum absolute atomic E-state index is 11.5. The standard InChI is InChI=1S/C11H15N3O2S/c1-2-7-17(15,16)12-8-11-13-9-5-3-4-6-10(9)14-11/h3-6,12H,2,7-8H2,1H3,(H,13,14). The Bertz CT molecular complexity index is 571. The van der Waals surface area contributed by atoms with Gasteiger partial charge in [-0.25, -0.2) is 18.1 Å². The van der Waals surface area contributed by atoms with Crippen molar-refractivity contribution in [1.29, 1.82) is 0 Å². The Morgan fingerprint density at radius 2 is 2.12 bits per heavy atom. The summed E-state index contributed by atoms with van der Waals surface area (Å²) < 4.78 is 25.4. The number of hydrogen-bond donors (Lipinski definition) is 2. The van der Waals surface area contributed by atoms with Crippen molar-refractivity contribution in [2.75, 3.05) is 5.75 Å². The van der Waals surface area contributed by atoms with Crippen LogP contribution in [0.3, 0.4) is 0 Å². The number of H-pyrrole nitrogens is 1. The first-order chi connectivity index (χ1) is 8.11. The molecule has 0 spiro atoms. The van der Waals surface area contributed by atoms with Crippen molar-refractivity contribution in [2.24, 2.45) is 0 Å². The van der Waals surface area contributed by atoms with E-state index in [1.54, 1.807) is 0 Å². The third-order valence-corrected chi connectivity index (χ3v) is 3.90. The summed E-state index contributed by atoms with van der Waals surface area (Å²) in [5, 5.41) is 0. The van der Waals surface area contributed by atoms with E-state index in [1.807, 2.05) is 31.2 Å². The Labute approximate surface area is 100 Å². The smallest absolute Gasteiger partial charge is 0.211 e. The zero-order valence-corrected chi connectivity index (χ0v) is 10.4. The van der Waals surface area contributed by atoms with Crippen LogP contribution in [0.4, 0.5) is 0 Å². The Morgan fingerprint density at radius 1 is 1.35 bits per heavy atom. The van der Waals surface area contributed by atoms with Crippen LogP contribution in [0.2, 0.25) is 0 Å². The minimum atomic E-state index is -3.18. The van der Waals surface area contributed by atoms with Gasteiger partial charge in [-0.2, -0.15) is 0 Å². The lowest BCUT2D eigenvalue weighted by Crippen LogP contribution is -2.26. The highest BCUT2D eigenvalue weighted by Crippen LogP contribution is 2.10. The van der Waals surface area contributed by atoms with Gasteiger partial charge in [0.1, 0.15) is 5.82 Å². The van der Waals surface area contributed by atoms with Gasteiger partial charge in [-0.1, -0.05) is 19.1 Å². The fraction of sp³-hybridized carbons (Fsp3) is 0.364. The molecule has 6 heteroatoms. The van der Waals surface area contributed by atoms with Gasteiger partial charge in [0.15, 0.2) is 0 Å². The van der Waals surface area contributed by atoms with Crippen LogP contribution in [0.15, 0.2) is 24.3 Å². The summed E-state index contributed by atoms with van der Waals surface area (Å²) in [6, 6.07) is 7.60. The molecule has 0 saturated heterocycles. The average Bonchev–Trinajstić information content (AvgIpc) is 2.69. The molecule has 0 bridgehead atoms. The Balaban J connectivity index is 2.09. The van der Waals surface area contributed by atoms with E-state index in [4.69, 9.17) is 0 Å². The molecule has 92 valence electrons. The predicted molar refractivity (Wildman–Crippen MR) is 67.0 cm³/mol. The van der Waals surface area contributed by atoms with Crippen molar-refractivity contribution in [3.05, 3.63) is 30.1 Å². The number of sulfonamides is 1. The first-order valence-electron chi connectivity index (χ1n) is 5.51. The van der Waals surface area contributed by atoms with E-state index in [0.29, 0.717) is 12.2 Å². The van der Waals surface area contributed by atoms with Gasteiger partial charge in [0.25, 0.3) is 0 Å². The van der Waals surface area contributed by atoms with E-state index in [0.717, 1.165) is 11.0 Å². The fourth-order valence-corrected chi connectivity index (χ4v) is 2.65. The Hall–Kier alpha value is -1.40. The monoisotopic (exact) mass is 253 g/mol. The van der Waals surface area contributed by atoms with E-state index in [-0.39, 0.29) is 12.3 Å². The van der Waals surface area contributed by atoms with Crippen LogP contribution < -0.4 is 4.72 Å². The SMILES string of the molecule is CCCS(=O)(=O)NCc1nc2ccccc2[nH]1. The second kappa shape index (κ2) is 4.85. The molecule has 1 aromatic carbocycles. The first kappa shape index (κ1) is 12.1. The number of nitrogens with zero attached hydrogens (tertiary/aromatic N) is 1. The summed E-state index contributed by atoms with van der Waals surface area (Å²) >= 11 is 0. The number of aromatic nitrogens is 2. The maximum atomic E-state index is 11.5. The molecule has 2 aromatic rings. The van der Waals surface area contributed by atoms with Gasteiger partial charge in [0, 0.05) is 0 Å². The molecule has 0 saturated carbocycles. The van der Waals surface area contributed by atoms with E-state index in [9.17, 15) is 8.42 Å². The highest BCUT2D eigenvalue weighted by Gasteiger charge is 2.09. The largest absolute Gasteiger partial charge is 0.341 e. The van der Waals surface area contributed by atoms with Gasteiger partial charge in [0.2, 0.25) is 10.0 Å². The van der Waals surface area contributed by atoms with Crippen LogP contribution in [0.5, 0.6) is 0 Å². The van der Waals surface area contributed by atoms with Crippen molar-refractivity contribution in [3.8, 4) is 0 Å². The Morgan fingerprint density at radius 3 is 2.82 bits per heavy atom. The van der Waals surface area contributed by atoms with Gasteiger partial charge >= 0.3 is 0 Å². The van der Waals surface area contributed by atoms with Crippen molar-refractivity contribution in [2.45, 2.75) is 19.9 Å². The average molecular weight is 253 g/mol. The molecular formula is C11H15N3O2S. The molecule has 0 aliphatic rings. The van der Waals surface area contributed by atoms with Gasteiger partial charge in [-0.05, 0) is 18.6 Å². The number of aromatic amines is 1. The van der Waals surface area contributed by atoms with E-state index >= 15 is 0 Å². The van der Waals surface area contributed by atoms with Crippen molar-refractivity contribution in [3.63, 3.8) is 0 Å². The quantitative estimate of drug-likeness (QED) is 0.845. The van der Waals surface area contributed by atoms with Gasteiger partial charge in [0.05, 0.1) is 23.3 Å². The van der Waals surface area contributed by atoms with Gasteiger partial charge < -0.3 is 4.98 Å². The number of benzene rings is 1. The van der Waals surface area contributed by atoms with Crippen LogP contribution >= 0.6 is 0 Å². The maximum Gasteiger partial charge on any atom is 0.211 e. The molecule has 0 unspecified atom stereocenters. The molecule has 0 amide bonds. The third kappa shape index (κ3) is 3.04. The minimum absolute atomic E-state index is 0.146. The lowest BCUT2D eigenvalue weighted by molar-refractivity contribution is 0.578. The number of imidazole rings is 1. The minimum Gasteiger partial charge on any atom is -0.341 e. The highest BCUT2D eigenvalue weighted by molar-refractivity contribution is 7.89. The molecule has 1 aromatic heterocycles. The summed E-state index contributed by atoms with van der Waals surface area (Å²) in [6.45, 7) is 2.04. The molecule has 2 N–H and O–H groups in total. The number of nitrogens with one attached hydrogen (secondary N) is 2. The molecule has 17 heavy (non-hydrogen) atoms. The molecule has 5 nitrogen and oxygen atoms in total. The topological polar surface area (TPSA) is 74.8 Å².